The van der Waals surface area contributed by atoms with Crippen LogP contribution in [-0.4, -0.2) is 24.2 Å². The summed E-state index contributed by atoms with van der Waals surface area (Å²) in [6, 6.07) is 13.6. The van der Waals surface area contributed by atoms with Gasteiger partial charge < -0.3 is 20.1 Å². The van der Waals surface area contributed by atoms with Gasteiger partial charge in [0.25, 0.3) is 0 Å². The van der Waals surface area contributed by atoms with Crippen LogP contribution in [0.3, 0.4) is 0 Å². The Labute approximate surface area is 159 Å². The molecule has 0 atom stereocenters. The number of methoxy groups -OCH3 is 2. The maximum absolute atomic E-state index is 5.41. The summed E-state index contributed by atoms with van der Waals surface area (Å²) in [5.74, 6) is 2.63. The van der Waals surface area contributed by atoms with Gasteiger partial charge in [-0.25, -0.2) is 4.98 Å². The number of nitrogens with zero attached hydrogens (tertiary/aromatic N) is 2. The van der Waals surface area contributed by atoms with E-state index in [9.17, 15) is 0 Å². The number of para-hydroxylation sites is 1. The van der Waals surface area contributed by atoms with Crippen molar-refractivity contribution in [3.05, 3.63) is 59.8 Å². The van der Waals surface area contributed by atoms with Gasteiger partial charge in [-0.05, 0) is 42.7 Å². The molecule has 0 amide bonds. The molecule has 0 aliphatic heterocycles. The van der Waals surface area contributed by atoms with E-state index in [2.05, 4.69) is 52.6 Å². The largest absolute Gasteiger partial charge is 0.497 e. The van der Waals surface area contributed by atoms with Crippen LogP contribution in [0.15, 0.2) is 48.7 Å². The lowest BCUT2D eigenvalue weighted by molar-refractivity contribution is 0.405. The highest BCUT2D eigenvalue weighted by Crippen LogP contribution is 2.31. The highest BCUT2D eigenvalue weighted by atomic mass is 16.5. The first-order chi connectivity index (χ1) is 13.1. The molecule has 3 aromatic rings. The molecule has 0 aliphatic rings. The summed E-state index contributed by atoms with van der Waals surface area (Å²) >= 11 is 0. The molecule has 140 valence electrons. The van der Waals surface area contributed by atoms with Gasteiger partial charge in [0.1, 0.15) is 17.3 Å². The number of hydrogen-bond acceptors (Lipinski definition) is 6. The van der Waals surface area contributed by atoms with Gasteiger partial charge in [0.2, 0.25) is 5.95 Å². The van der Waals surface area contributed by atoms with Crippen molar-refractivity contribution >= 4 is 23.1 Å². The minimum Gasteiger partial charge on any atom is -0.497 e. The Morgan fingerprint density at radius 3 is 2.59 bits per heavy atom. The quantitative estimate of drug-likeness (QED) is 0.624. The van der Waals surface area contributed by atoms with Gasteiger partial charge in [-0.3, -0.25) is 0 Å². The van der Waals surface area contributed by atoms with Gasteiger partial charge in [0.05, 0.1) is 19.9 Å². The second kappa shape index (κ2) is 8.40. The summed E-state index contributed by atoms with van der Waals surface area (Å²) in [6.45, 7) is 4.21. The van der Waals surface area contributed by atoms with Crippen LogP contribution in [0.2, 0.25) is 0 Å². The van der Waals surface area contributed by atoms with E-state index in [0.29, 0.717) is 17.5 Å². The summed E-state index contributed by atoms with van der Waals surface area (Å²) in [4.78, 5) is 8.93. The highest BCUT2D eigenvalue weighted by molar-refractivity contribution is 5.68. The van der Waals surface area contributed by atoms with Crippen molar-refractivity contribution in [3.63, 3.8) is 0 Å². The number of hydrogen-bond donors (Lipinski definition) is 2. The van der Waals surface area contributed by atoms with Gasteiger partial charge >= 0.3 is 0 Å². The van der Waals surface area contributed by atoms with Gasteiger partial charge in [-0.15, -0.1) is 0 Å². The molecule has 1 aromatic heterocycles. The minimum absolute atomic E-state index is 0.533. The number of rotatable bonds is 7. The molecular weight excluding hydrogens is 340 g/mol. The lowest BCUT2D eigenvalue weighted by Gasteiger charge is -2.15. The number of benzene rings is 2. The Morgan fingerprint density at radius 2 is 1.85 bits per heavy atom. The van der Waals surface area contributed by atoms with E-state index in [4.69, 9.17) is 9.47 Å². The third-order valence-corrected chi connectivity index (χ3v) is 4.30. The monoisotopic (exact) mass is 364 g/mol. The topological polar surface area (TPSA) is 68.3 Å². The van der Waals surface area contributed by atoms with Crippen LogP contribution in [0.4, 0.5) is 23.1 Å². The number of aromatic nitrogens is 2. The summed E-state index contributed by atoms with van der Waals surface area (Å²) in [5, 5.41) is 6.62. The first kappa shape index (κ1) is 18.5. The molecule has 0 bridgehead atoms. The molecule has 0 saturated heterocycles. The van der Waals surface area contributed by atoms with Crippen molar-refractivity contribution in [2.24, 2.45) is 0 Å². The highest BCUT2D eigenvalue weighted by Gasteiger charge is 2.09. The predicted molar refractivity (Wildman–Crippen MR) is 109 cm³/mol. The molecule has 2 N–H and O–H groups in total. The molecule has 1 heterocycles. The summed E-state index contributed by atoms with van der Waals surface area (Å²) in [5.41, 5.74) is 4.21. The summed E-state index contributed by atoms with van der Waals surface area (Å²) in [6.07, 6.45) is 2.65. The second-order valence-electron chi connectivity index (χ2n) is 6.04. The number of anilines is 4. The van der Waals surface area contributed by atoms with Gasteiger partial charge in [0, 0.05) is 18.0 Å². The number of nitrogens with one attached hydrogen (secondary N) is 2. The molecule has 2 aromatic carbocycles. The van der Waals surface area contributed by atoms with Crippen LogP contribution in [0.1, 0.15) is 18.1 Å². The maximum Gasteiger partial charge on any atom is 0.229 e. The fraction of sp³-hybridized carbons (Fsp3) is 0.238. The molecule has 27 heavy (non-hydrogen) atoms. The Morgan fingerprint density at radius 1 is 1.00 bits per heavy atom. The molecule has 6 nitrogen and oxygen atoms in total. The van der Waals surface area contributed by atoms with Gasteiger partial charge in [-0.1, -0.05) is 25.1 Å². The third kappa shape index (κ3) is 4.28. The van der Waals surface area contributed by atoms with E-state index in [1.807, 2.05) is 24.3 Å². The van der Waals surface area contributed by atoms with Crippen LogP contribution in [-0.2, 0) is 6.42 Å². The maximum atomic E-state index is 5.41. The average Bonchev–Trinajstić information content (AvgIpc) is 2.69. The lowest BCUT2D eigenvalue weighted by Crippen LogP contribution is -2.04. The SMILES string of the molecule is CCc1cccc(C)c1Nc1nccc(Nc2cc(OC)ccc2OC)n1. The van der Waals surface area contributed by atoms with Crippen LogP contribution in [0, 0.1) is 6.92 Å². The van der Waals surface area contributed by atoms with Crippen LogP contribution >= 0.6 is 0 Å². The Kier molecular flexibility index (Phi) is 5.76. The molecule has 0 saturated carbocycles. The molecule has 3 rings (SSSR count). The molecule has 0 radical (unpaired) electrons. The molecule has 0 unspecified atom stereocenters. The van der Waals surface area contributed by atoms with Crippen LogP contribution < -0.4 is 20.1 Å². The van der Waals surface area contributed by atoms with Crippen molar-refractivity contribution in [2.45, 2.75) is 20.3 Å². The summed E-state index contributed by atoms with van der Waals surface area (Å²) in [7, 11) is 3.26. The van der Waals surface area contributed by atoms with E-state index < -0.39 is 0 Å². The fourth-order valence-electron chi connectivity index (χ4n) is 2.85. The molecule has 0 spiro atoms. The van der Waals surface area contributed by atoms with Crippen molar-refractivity contribution in [2.75, 3.05) is 24.9 Å². The zero-order valence-corrected chi connectivity index (χ0v) is 16.0. The smallest absolute Gasteiger partial charge is 0.229 e. The summed E-state index contributed by atoms with van der Waals surface area (Å²) < 4.78 is 10.7. The van der Waals surface area contributed by atoms with Crippen molar-refractivity contribution < 1.29 is 9.47 Å². The molecular formula is C21H24N4O2. The Hall–Kier alpha value is -3.28. The number of ether oxygens (including phenoxy) is 2. The van der Waals surface area contributed by atoms with Crippen LogP contribution in [0.5, 0.6) is 11.5 Å². The fourth-order valence-corrected chi connectivity index (χ4v) is 2.85. The van der Waals surface area contributed by atoms with Crippen molar-refractivity contribution in [3.8, 4) is 11.5 Å². The van der Waals surface area contributed by atoms with Crippen LogP contribution in [0.25, 0.3) is 0 Å². The molecule has 0 fully saturated rings. The van der Waals surface area contributed by atoms with E-state index in [0.717, 1.165) is 29.1 Å². The lowest BCUT2D eigenvalue weighted by atomic mass is 10.1. The predicted octanol–water partition coefficient (Wildman–Crippen LogP) is 4.85. The minimum atomic E-state index is 0.533. The Bertz CT molecular complexity index is 928. The average molecular weight is 364 g/mol. The second-order valence-corrected chi connectivity index (χ2v) is 6.04. The zero-order valence-electron chi connectivity index (χ0n) is 16.0. The Balaban J connectivity index is 1.87. The third-order valence-electron chi connectivity index (χ3n) is 4.30. The first-order valence-electron chi connectivity index (χ1n) is 8.82. The van der Waals surface area contributed by atoms with Gasteiger partial charge in [0.15, 0.2) is 0 Å². The van der Waals surface area contributed by atoms with E-state index in [-0.39, 0.29) is 0 Å². The zero-order chi connectivity index (χ0) is 19.2. The standard InChI is InChI=1S/C21H24N4O2/c1-5-15-8-6-7-14(2)20(15)25-21-22-12-11-19(24-21)23-17-13-16(26-3)9-10-18(17)27-4/h6-13H,5H2,1-4H3,(H2,22,23,24,25). The number of aryl methyl sites for hydroxylation is 2. The van der Waals surface area contributed by atoms with Crippen molar-refractivity contribution in [1.29, 1.82) is 0 Å². The first-order valence-corrected chi connectivity index (χ1v) is 8.82. The van der Waals surface area contributed by atoms with E-state index in [1.54, 1.807) is 20.4 Å². The van der Waals surface area contributed by atoms with Crippen molar-refractivity contribution in [1.82, 2.24) is 9.97 Å². The van der Waals surface area contributed by atoms with E-state index >= 15 is 0 Å². The van der Waals surface area contributed by atoms with Gasteiger partial charge in [-0.2, -0.15) is 4.98 Å². The van der Waals surface area contributed by atoms with E-state index in [1.165, 1.54) is 5.56 Å². The molecule has 0 aliphatic carbocycles. The normalized spacial score (nSPS) is 10.4. The molecule has 6 heteroatoms.